The number of anilines is 2. The summed E-state index contributed by atoms with van der Waals surface area (Å²) in [6.07, 6.45) is 1.08. The van der Waals surface area contributed by atoms with Crippen LogP contribution in [-0.2, 0) is 4.79 Å². The van der Waals surface area contributed by atoms with E-state index in [0.717, 1.165) is 10.9 Å². The summed E-state index contributed by atoms with van der Waals surface area (Å²) in [4.78, 5) is 28.6. The number of amides is 2. The summed E-state index contributed by atoms with van der Waals surface area (Å²) >= 11 is 0. The third-order valence-corrected chi connectivity index (χ3v) is 4.06. The minimum Gasteiger partial charge on any atom is -0.479 e. The van der Waals surface area contributed by atoms with E-state index in [1.165, 1.54) is 0 Å². The molecule has 2 N–H and O–H groups in total. The molecule has 3 aromatic rings. The van der Waals surface area contributed by atoms with Gasteiger partial charge in [0, 0.05) is 17.3 Å². The van der Waals surface area contributed by atoms with Gasteiger partial charge in [-0.3, -0.25) is 14.6 Å². The van der Waals surface area contributed by atoms with Gasteiger partial charge >= 0.3 is 0 Å². The van der Waals surface area contributed by atoms with E-state index in [1.54, 1.807) is 37.4 Å². The van der Waals surface area contributed by atoms with Crippen LogP contribution in [-0.4, -0.2) is 22.9 Å². The van der Waals surface area contributed by atoms with Gasteiger partial charge in [-0.05, 0) is 37.3 Å². The summed E-state index contributed by atoms with van der Waals surface area (Å²) in [5, 5.41) is 6.40. The topological polar surface area (TPSA) is 80.3 Å². The lowest BCUT2D eigenvalue weighted by atomic mass is 10.1. The van der Waals surface area contributed by atoms with Gasteiger partial charge in [0.25, 0.3) is 11.8 Å². The smallest absolute Gasteiger partial charge is 0.265 e. The first-order chi connectivity index (χ1) is 12.1. The summed E-state index contributed by atoms with van der Waals surface area (Å²) in [5.74, 6) is 0.130. The van der Waals surface area contributed by atoms with Gasteiger partial charge in [0.1, 0.15) is 5.75 Å². The van der Waals surface area contributed by atoms with E-state index in [-0.39, 0.29) is 11.8 Å². The van der Waals surface area contributed by atoms with Crippen LogP contribution in [0.15, 0.2) is 54.7 Å². The summed E-state index contributed by atoms with van der Waals surface area (Å²) in [5.41, 5.74) is 2.41. The van der Waals surface area contributed by atoms with Crippen LogP contribution in [0.2, 0.25) is 0 Å². The van der Waals surface area contributed by atoms with E-state index in [9.17, 15) is 9.59 Å². The Labute approximate surface area is 143 Å². The number of aromatic nitrogens is 1. The van der Waals surface area contributed by atoms with Gasteiger partial charge in [-0.25, -0.2) is 0 Å². The molecule has 6 heteroatoms. The van der Waals surface area contributed by atoms with E-state index >= 15 is 0 Å². The third kappa shape index (κ3) is 2.78. The van der Waals surface area contributed by atoms with Crippen LogP contribution >= 0.6 is 0 Å². The van der Waals surface area contributed by atoms with E-state index < -0.39 is 6.10 Å². The molecule has 0 bridgehead atoms. The van der Waals surface area contributed by atoms with Crippen LogP contribution in [0.3, 0.4) is 0 Å². The molecule has 6 nitrogen and oxygen atoms in total. The molecule has 0 aliphatic carbocycles. The molecule has 25 heavy (non-hydrogen) atoms. The fraction of sp³-hybridized carbons (Fsp3) is 0.105. The highest BCUT2D eigenvalue weighted by Crippen LogP contribution is 2.32. The molecular formula is C19H15N3O3. The average molecular weight is 333 g/mol. The van der Waals surface area contributed by atoms with Crippen molar-refractivity contribution in [1.29, 1.82) is 0 Å². The van der Waals surface area contributed by atoms with Crippen molar-refractivity contribution in [3.8, 4) is 5.75 Å². The van der Waals surface area contributed by atoms with Crippen molar-refractivity contribution in [1.82, 2.24) is 4.98 Å². The zero-order valence-corrected chi connectivity index (χ0v) is 13.4. The van der Waals surface area contributed by atoms with Gasteiger partial charge in [-0.2, -0.15) is 0 Å². The number of benzene rings is 2. The summed E-state index contributed by atoms with van der Waals surface area (Å²) in [7, 11) is 0. The molecule has 4 rings (SSSR count). The fourth-order valence-electron chi connectivity index (χ4n) is 2.78. The molecule has 2 heterocycles. The van der Waals surface area contributed by atoms with Gasteiger partial charge in [-0.15, -0.1) is 0 Å². The van der Waals surface area contributed by atoms with E-state index in [2.05, 4.69) is 15.6 Å². The fourth-order valence-corrected chi connectivity index (χ4v) is 2.78. The maximum atomic E-state index is 12.7. The standard InChI is InChI=1S/C19H15N3O3/c1-11-18(23)22-16-10-12(6-7-17(16)25-11)21-19(24)14-8-9-20-15-5-3-2-4-13(14)15/h2-11H,1H3,(H,21,24)(H,22,23). The van der Waals surface area contributed by atoms with E-state index in [0.29, 0.717) is 22.7 Å². The number of nitrogens with zero attached hydrogens (tertiary/aromatic N) is 1. The number of pyridine rings is 1. The van der Waals surface area contributed by atoms with Crippen LogP contribution in [0.5, 0.6) is 5.75 Å². The zero-order chi connectivity index (χ0) is 17.4. The second-order valence-electron chi connectivity index (χ2n) is 5.79. The third-order valence-electron chi connectivity index (χ3n) is 4.06. The van der Waals surface area contributed by atoms with Crippen LogP contribution in [0.1, 0.15) is 17.3 Å². The Kier molecular flexibility index (Phi) is 3.57. The molecule has 1 aliphatic heterocycles. The monoisotopic (exact) mass is 333 g/mol. The summed E-state index contributed by atoms with van der Waals surface area (Å²) in [6.45, 7) is 1.68. The normalized spacial score (nSPS) is 15.9. The van der Waals surface area contributed by atoms with Gasteiger partial charge < -0.3 is 15.4 Å². The predicted octanol–water partition coefficient (Wildman–Crippen LogP) is 3.21. The van der Waals surface area contributed by atoms with E-state index in [1.807, 2.05) is 24.3 Å². The first-order valence-corrected chi connectivity index (χ1v) is 7.88. The summed E-state index contributed by atoms with van der Waals surface area (Å²) < 4.78 is 5.51. The number of hydrogen-bond acceptors (Lipinski definition) is 4. The highest BCUT2D eigenvalue weighted by molar-refractivity contribution is 6.12. The molecule has 1 atom stereocenters. The van der Waals surface area contributed by atoms with Crippen LogP contribution in [0.25, 0.3) is 10.9 Å². The Balaban J connectivity index is 1.63. The minimum atomic E-state index is -0.531. The highest BCUT2D eigenvalue weighted by Gasteiger charge is 2.23. The molecule has 2 aromatic carbocycles. The lowest BCUT2D eigenvalue weighted by Crippen LogP contribution is -2.34. The molecule has 0 radical (unpaired) electrons. The van der Waals surface area contributed by atoms with E-state index in [4.69, 9.17) is 4.74 Å². The van der Waals surface area contributed by atoms with Crippen molar-refractivity contribution >= 4 is 34.1 Å². The molecule has 1 aliphatic rings. The number of para-hydroxylation sites is 1. The minimum absolute atomic E-state index is 0.212. The van der Waals surface area contributed by atoms with Gasteiger partial charge in [-0.1, -0.05) is 18.2 Å². The Morgan fingerprint density at radius 1 is 1.20 bits per heavy atom. The number of rotatable bonds is 2. The Bertz CT molecular complexity index is 995. The van der Waals surface area contributed by atoms with Crippen molar-refractivity contribution in [3.05, 3.63) is 60.3 Å². The Hall–Kier alpha value is -3.41. The maximum absolute atomic E-state index is 12.7. The van der Waals surface area contributed by atoms with Gasteiger partial charge in [0.2, 0.25) is 0 Å². The molecule has 0 spiro atoms. The first-order valence-electron chi connectivity index (χ1n) is 7.88. The highest BCUT2D eigenvalue weighted by atomic mass is 16.5. The molecule has 124 valence electrons. The second-order valence-corrected chi connectivity index (χ2v) is 5.79. The quantitative estimate of drug-likeness (QED) is 0.755. The number of carbonyl (C=O) groups is 2. The molecular weight excluding hydrogens is 318 g/mol. The molecule has 2 amide bonds. The van der Waals surface area contributed by atoms with Crippen molar-refractivity contribution in [2.24, 2.45) is 0 Å². The molecule has 1 aromatic heterocycles. The van der Waals surface area contributed by atoms with Crippen molar-refractivity contribution in [2.75, 3.05) is 10.6 Å². The molecule has 0 fully saturated rings. The predicted molar refractivity (Wildman–Crippen MR) is 94.9 cm³/mol. The maximum Gasteiger partial charge on any atom is 0.265 e. The number of hydrogen-bond donors (Lipinski definition) is 2. The van der Waals surface area contributed by atoms with Crippen LogP contribution < -0.4 is 15.4 Å². The molecule has 0 saturated heterocycles. The van der Waals surface area contributed by atoms with Crippen molar-refractivity contribution < 1.29 is 14.3 Å². The van der Waals surface area contributed by atoms with Gasteiger partial charge in [0.05, 0.1) is 16.8 Å². The lowest BCUT2D eigenvalue weighted by Gasteiger charge is -2.23. The second kappa shape index (κ2) is 5.90. The lowest BCUT2D eigenvalue weighted by molar-refractivity contribution is -0.122. The van der Waals surface area contributed by atoms with Crippen molar-refractivity contribution in [3.63, 3.8) is 0 Å². The molecule has 0 saturated carbocycles. The first kappa shape index (κ1) is 15.1. The number of nitrogens with one attached hydrogen (secondary N) is 2. The number of fused-ring (bicyclic) bond motifs is 2. The van der Waals surface area contributed by atoms with Gasteiger partial charge in [0.15, 0.2) is 6.10 Å². The number of carbonyl (C=O) groups excluding carboxylic acids is 2. The zero-order valence-electron chi connectivity index (χ0n) is 13.4. The Morgan fingerprint density at radius 3 is 2.92 bits per heavy atom. The molecule has 1 unspecified atom stereocenters. The SMILES string of the molecule is CC1Oc2ccc(NC(=O)c3ccnc4ccccc34)cc2NC1=O. The van der Waals surface area contributed by atoms with Crippen molar-refractivity contribution in [2.45, 2.75) is 13.0 Å². The number of ether oxygens (including phenoxy) is 1. The average Bonchev–Trinajstić information content (AvgIpc) is 2.62. The summed E-state index contributed by atoms with van der Waals surface area (Å²) in [6, 6.07) is 14.3. The largest absolute Gasteiger partial charge is 0.479 e. The Morgan fingerprint density at radius 2 is 2.04 bits per heavy atom. The van der Waals surface area contributed by atoms with Crippen LogP contribution in [0, 0.1) is 0 Å². The van der Waals surface area contributed by atoms with Crippen LogP contribution in [0.4, 0.5) is 11.4 Å².